The van der Waals surface area contributed by atoms with Gasteiger partial charge in [-0.2, -0.15) is 0 Å². The number of urea groups is 1. The summed E-state index contributed by atoms with van der Waals surface area (Å²) in [5.74, 6) is -1.50. The number of nitrogens with zero attached hydrogens (tertiary/aromatic N) is 1. The minimum absolute atomic E-state index is 0.209. The number of hydrogen-bond donors (Lipinski definition) is 1. The van der Waals surface area contributed by atoms with Gasteiger partial charge in [-0.1, -0.05) is 35.9 Å². The van der Waals surface area contributed by atoms with Crippen LogP contribution in [0, 0.1) is 6.92 Å². The number of furan rings is 1. The van der Waals surface area contributed by atoms with E-state index in [1.165, 1.54) is 6.08 Å². The Morgan fingerprint density at radius 2 is 1.76 bits per heavy atom. The molecule has 1 fully saturated rings. The highest BCUT2D eigenvalue weighted by atomic mass is 16.5. The summed E-state index contributed by atoms with van der Waals surface area (Å²) in [7, 11) is 0. The Hall–Kier alpha value is -4.46. The maximum atomic E-state index is 13.0. The summed E-state index contributed by atoms with van der Waals surface area (Å²) >= 11 is 0. The minimum atomic E-state index is -0.825. The first-order chi connectivity index (χ1) is 15.9. The van der Waals surface area contributed by atoms with Gasteiger partial charge in [-0.3, -0.25) is 14.9 Å². The van der Waals surface area contributed by atoms with Gasteiger partial charge < -0.3 is 9.15 Å². The van der Waals surface area contributed by atoms with Crippen LogP contribution in [0.3, 0.4) is 0 Å². The first kappa shape index (κ1) is 21.8. The molecular weight excluding hydrogens is 424 g/mol. The van der Waals surface area contributed by atoms with Gasteiger partial charge in [0.25, 0.3) is 11.8 Å². The second-order valence-electron chi connectivity index (χ2n) is 7.26. The van der Waals surface area contributed by atoms with Gasteiger partial charge in [0.1, 0.15) is 17.1 Å². The smallest absolute Gasteiger partial charge is 0.338 e. The molecule has 1 saturated heterocycles. The van der Waals surface area contributed by atoms with E-state index in [2.05, 4.69) is 5.32 Å². The van der Waals surface area contributed by atoms with Crippen molar-refractivity contribution in [3.05, 3.63) is 83.1 Å². The molecule has 0 aliphatic carbocycles. The Labute approximate surface area is 189 Å². The molecule has 166 valence electrons. The fraction of sp³-hybridized carbons (Fsp3) is 0.120. The summed E-state index contributed by atoms with van der Waals surface area (Å²) in [6, 6.07) is 15.9. The lowest BCUT2D eigenvalue weighted by atomic mass is 10.1. The summed E-state index contributed by atoms with van der Waals surface area (Å²) in [6.07, 6.45) is 1.27. The van der Waals surface area contributed by atoms with E-state index in [1.54, 1.807) is 67.6 Å². The summed E-state index contributed by atoms with van der Waals surface area (Å²) in [5.41, 5.74) is 1.88. The number of aryl methyl sites for hydroxylation is 1. The van der Waals surface area contributed by atoms with Crippen molar-refractivity contribution in [2.24, 2.45) is 0 Å². The van der Waals surface area contributed by atoms with Gasteiger partial charge in [-0.15, -0.1) is 0 Å². The average molecular weight is 444 g/mol. The highest BCUT2D eigenvalue weighted by Crippen LogP contribution is 2.28. The van der Waals surface area contributed by atoms with E-state index in [1.807, 2.05) is 6.92 Å². The molecule has 1 aliphatic rings. The van der Waals surface area contributed by atoms with E-state index in [9.17, 15) is 19.2 Å². The Morgan fingerprint density at radius 3 is 2.48 bits per heavy atom. The molecule has 0 spiro atoms. The monoisotopic (exact) mass is 444 g/mol. The van der Waals surface area contributed by atoms with Crippen LogP contribution in [-0.2, 0) is 14.3 Å². The van der Waals surface area contributed by atoms with E-state index in [4.69, 9.17) is 9.15 Å². The molecule has 8 nitrogen and oxygen atoms in total. The minimum Gasteiger partial charge on any atom is -0.462 e. The van der Waals surface area contributed by atoms with Crippen LogP contribution in [0.15, 0.2) is 70.7 Å². The SMILES string of the molecule is CCOC(=O)c1ccccc1-c1ccc(C=C2C(=O)NC(=O)N(c3ccc(C)cc3)C2=O)o1. The van der Waals surface area contributed by atoms with Crippen molar-refractivity contribution < 1.29 is 28.3 Å². The lowest BCUT2D eigenvalue weighted by Gasteiger charge is -2.26. The molecule has 1 N–H and O–H groups in total. The third kappa shape index (κ3) is 4.31. The summed E-state index contributed by atoms with van der Waals surface area (Å²) in [6.45, 7) is 3.83. The molecular formula is C25H20N2O6. The third-order valence-corrected chi connectivity index (χ3v) is 5.00. The number of barbiturate groups is 1. The largest absolute Gasteiger partial charge is 0.462 e. The predicted octanol–water partition coefficient (Wildman–Crippen LogP) is 4.10. The van der Waals surface area contributed by atoms with Crippen molar-refractivity contribution in [2.75, 3.05) is 11.5 Å². The van der Waals surface area contributed by atoms with Crippen molar-refractivity contribution in [2.45, 2.75) is 13.8 Å². The number of imide groups is 2. The van der Waals surface area contributed by atoms with Crippen molar-refractivity contribution in [1.82, 2.24) is 5.32 Å². The van der Waals surface area contributed by atoms with Crippen LogP contribution >= 0.6 is 0 Å². The van der Waals surface area contributed by atoms with Crippen LogP contribution in [0.5, 0.6) is 0 Å². The number of nitrogens with one attached hydrogen (secondary N) is 1. The van der Waals surface area contributed by atoms with Crippen molar-refractivity contribution in [1.29, 1.82) is 0 Å². The van der Waals surface area contributed by atoms with Crippen LogP contribution in [0.1, 0.15) is 28.6 Å². The maximum absolute atomic E-state index is 13.0. The molecule has 0 saturated carbocycles. The first-order valence-corrected chi connectivity index (χ1v) is 10.2. The van der Waals surface area contributed by atoms with Crippen LogP contribution in [0.4, 0.5) is 10.5 Å². The number of carbonyl (C=O) groups is 4. The Morgan fingerprint density at radius 1 is 1.03 bits per heavy atom. The normalized spacial score (nSPS) is 15.0. The molecule has 3 aromatic rings. The zero-order valence-corrected chi connectivity index (χ0v) is 18.0. The van der Waals surface area contributed by atoms with Crippen LogP contribution in [0.2, 0.25) is 0 Å². The lowest BCUT2D eigenvalue weighted by molar-refractivity contribution is -0.122. The number of esters is 1. The Kier molecular flexibility index (Phi) is 5.91. The molecule has 1 aromatic heterocycles. The number of ether oxygens (including phenoxy) is 1. The quantitative estimate of drug-likeness (QED) is 0.361. The molecule has 0 unspecified atom stereocenters. The van der Waals surface area contributed by atoms with Gasteiger partial charge in [0.2, 0.25) is 0 Å². The van der Waals surface area contributed by atoms with E-state index >= 15 is 0 Å². The summed E-state index contributed by atoms with van der Waals surface area (Å²) in [4.78, 5) is 50.9. The molecule has 0 bridgehead atoms. The molecule has 0 atom stereocenters. The van der Waals surface area contributed by atoms with E-state index in [0.717, 1.165) is 10.5 Å². The van der Waals surface area contributed by atoms with Gasteiger partial charge in [0.05, 0.1) is 17.9 Å². The van der Waals surface area contributed by atoms with Crippen molar-refractivity contribution >= 4 is 35.6 Å². The highest BCUT2D eigenvalue weighted by molar-refractivity contribution is 6.39. The second kappa shape index (κ2) is 8.96. The predicted molar refractivity (Wildman–Crippen MR) is 120 cm³/mol. The fourth-order valence-corrected chi connectivity index (χ4v) is 3.39. The molecule has 0 radical (unpaired) electrons. The van der Waals surface area contributed by atoms with E-state index in [-0.39, 0.29) is 17.9 Å². The standard InChI is InChI=1S/C25H20N2O6/c1-3-32-24(30)19-7-5-4-6-18(19)21-13-12-17(33-21)14-20-22(28)26-25(31)27(23(20)29)16-10-8-15(2)9-11-16/h4-14H,3H2,1-2H3,(H,26,28,31). The Balaban J connectivity index is 1.67. The zero-order valence-electron chi connectivity index (χ0n) is 18.0. The zero-order chi connectivity index (χ0) is 23.5. The Bertz CT molecular complexity index is 1290. The number of hydrogen-bond acceptors (Lipinski definition) is 6. The fourth-order valence-electron chi connectivity index (χ4n) is 3.39. The summed E-state index contributed by atoms with van der Waals surface area (Å²) < 4.78 is 10.9. The molecule has 33 heavy (non-hydrogen) atoms. The molecule has 8 heteroatoms. The van der Waals surface area contributed by atoms with Gasteiger partial charge in [0.15, 0.2) is 0 Å². The molecule has 4 rings (SSSR count). The number of amides is 4. The first-order valence-electron chi connectivity index (χ1n) is 10.2. The number of anilines is 1. The van der Waals surface area contributed by atoms with Gasteiger partial charge in [-0.05, 0) is 50.3 Å². The average Bonchev–Trinajstić information content (AvgIpc) is 3.26. The second-order valence-corrected chi connectivity index (χ2v) is 7.26. The lowest BCUT2D eigenvalue weighted by Crippen LogP contribution is -2.54. The molecule has 2 aromatic carbocycles. The molecule has 1 aliphatic heterocycles. The van der Waals surface area contributed by atoms with Gasteiger partial charge in [0, 0.05) is 5.56 Å². The third-order valence-electron chi connectivity index (χ3n) is 5.00. The molecule has 2 heterocycles. The number of rotatable bonds is 5. The topological polar surface area (TPSA) is 106 Å². The number of carbonyl (C=O) groups excluding carboxylic acids is 4. The van der Waals surface area contributed by atoms with E-state index in [0.29, 0.717) is 22.6 Å². The van der Waals surface area contributed by atoms with Crippen molar-refractivity contribution in [3.8, 4) is 11.3 Å². The van der Waals surface area contributed by atoms with E-state index < -0.39 is 23.8 Å². The number of benzene rings is 2. The highest BCUT2D eigenvalue weighted by Gasteiger charge is 2.37. The summed E-state index contributed by atoms with van der Waals surface area (Å²) in [5, 5.41) is 2.18. The maximum Gasteiger partial charge on any atom is 0.338 e. The van der Waals surface area contributed by atoms with Crippen LogP contribution < -0.4 is 10.2 Å². The van der Waals surface area contributed by atoms with Gasteiger partial charge in [-0.25, -0.2) is 14.5 Å². The van der Waals surface area contributed by atoms with Crippen molar-refractivity contribution in [3.63, 3.8) is 0 Å². The van der Waals surface area contributed by atoms with Crippen LogP contribution in [-0.4, -0.2) is 30.4 Å². The van der Waals surface area contributed by atoms with Gasteiger partial charge >= 0.3 is 12.0 Å². The van der Waals surface area contributed by atoms with Crippen LogP contribution in [0.25, 0.3) is 17.4 Å². The molecule has 4 amide bonds.